The van der Waals surface area contributed by atoms with Crippen LogP contribution in [-0.4, -0.2) is 5.88 Å². The van der Waals surface area contributed by atoms with Crippen LogP contribution >= 0.6 is 34.8 Å². The minimum atomic E-state index is 0.0515. The predicted molar refractivity (Wildman–Crippen MR) is 73.8 cm³/mol. The van der Waals surface area contributed by atoms with E-state index in [9.17, 15) is 0 Å². The maximum Gasteiger partial charge on any atom is 0.0624 e. The van der Waals surface area contributed by atoms with E-state index in [1.165, 1.54) is 0 Å². The zero-order valence-electron chi connectivity index (χ0n) is 9.86. The number of halogens is 3. The Morgan fingerprint density at radius 2 is 1.88 bits per heavy atom. The molecule has 1 unspecified atom stereocenters. The van der Waals surface area contributed by atoms with Crippen LogP contribution in [-0.2, 0) is 6.42 Å². The Hall–Kier alpha value is 0.0900. The molecule has 0 N–H and O–H groups in total. The van der Waals surface area contributed by atoms with Gasteiger partial charge in [-0.1, -0.05) is 56.1 Å². The van der Waals surface area contributed by atoms with Gasteiger partial charge in [-0.3, -0.25) is 0 Å². The molecule has 1 aromatic carbocycles. The summed E-state index contributed by atoms with van der Waals surface area (Å²) in [6.45, 7) is 6.55. The van der Waals surface area contributed by atoms with Gasteiger partial charge in [-0.2, -0.15) is 0 Å². The molecule has 0 aromatic heterocycles. The zero-order valence-corrected chi connectivity index (χ0v) is 12.1. The molecule has 0 amide bonds. The van der Waals surface area contributed by atoms with E-state index in [0.717, 1.165) is 12.0 Å². The Balaban J connectivity index is 2.99. The van der Waals surface area contributed by atoms with Gasteiger partial charge < -0.3 is 0 Å². The van der Waals surface area contributed by atoms with Crippen molar-refractivity contribution < 1.29 is 0 Å². The number of rotatable bonds is 4. The Morgan fingerprint density at radius 3 is 2.38 bits per heavy atom. The minimum absolute atomic E-state index is 0.0515. The van der Waals surface area contributed by atoms with Crippen LogP contribution in [0.1, 0.15) is 26.3 Å². The summed E-state index contributed by atoms with van der Waals surface area (Å²) < 4.78 is 0. The van der Waals surface area contributed by atoms with Gasteiger partial charge >= 0.3 is 0 Å². The van der Waals surface area contributed by atoms with Crippen LogP contribution in [0.4, 0.5) is 0 Å². The van der Waals surface area contributed by atoms with E-state index < -0.39 is 0 Å². The first-order valence-corrected chi connectivity index (χ1v) is 6.68. The van der Waals surface area contributed by atoms with Crippen LogP contribution in [0.15, 0.2) is 18.2 Å². The van der Waals surface area contributed by atoms with Gasteiger partial charge in [0.2, 0.25) is 0 Å². The standard InChI is InChI=1S/C13H17Cl3/c1-9(2)13(3,8-14)7-10-5-4-6-11(15)12(10)16/h4-6,9H,7-8H2,1-3H3. The van der Waals surface area contributed by atoms with Gasteiger partial charge in [0.25, 0.3) is 0 Å². The first-order valence-electron chi connectivity index (χ1n) is 5.39. The van der Waals surface area contributed by atoms with Crippen molar-refractivity contribution in [1.29, 1.82) is 0 Å². The lowest BCUT2D eigenvalue weighted by atomic mass is 9.76. The van der Waals surface area contributed by atoms with Crippen LogP contribution in [0.25, 0.3) is 0 Å². The molecule has 0 nitrogen and oxygen atoms in total. The van der Waals surface area contributed by atoms with Crippen molar-refractivity contribution in [1.82, 2.24) is 0 Å². The number of alkyl halides is 1. The molecule has 16 heavy (non-hydrogen) atoms. The van der Waals surface area contributed by atoms with Crippen molar-refractivity contribution in [2.24, 2.45) is 11.3 Å². The van der Waals surface area contributed by atoms with Gasteiger partial charge in [-0.05, 0) is 29.4 Å². The highest BCUT2D eigenvalue weighted by atomic mass is 35.5. The lowest BCUT2D eigenvalue weighted by molar-refractivity contribution is 0.253. The summed E-state index contributed by atoms with van der Waals surface area (Å²) in [6.07, 6.45) is 0.855. The van der Waals surface area contributed by atoms with Crippen LogP contribution in [0.3, 0.4) is 0 Å². The average molecular weight is 280 g/mol. The van der Waals surface area contributed by atoms with E-state index in [-0.39, 0.29) is 5.41 Å². The summed E-state index contributed by atoms with van der Waals surface area (Å²) in [5.74, 6) is 1.12. The molecule has 1 aromatic rings. The third-order valence-corrected chi connectivity index (χ3v) is 4.79. The minimum Gasteiger partial charge on any atom is -0.126 e. The van der Waals surface area contributed by atoms with Crippen molar-refractivity contribution in [3.8, 4) is 0 Å². The Kier molecular flexibility index (Phi) is 4.97. The average Bonchev–Trinajstić information content (AvgIpc) is 2.24. The Bertz CT molecular complexity index is 360. The van der Waals surface area contributed by atoms with Crippen LogP contribution in [0, 0.1) is 11.3 Å². The molecule has 0 bridgehead atoms. The van der Waals surface area contributed by atoms with Gasteiger partial charge in [-0.25, -0.2) is 0 Å². The van der Waals surface area contributed by atoms with Crippen LogP contribution < -0.4 is 0 Å². The number of hydrogen-bond donors (Lipinski definition) is 0. The molecule has 0 heterocycles. The molecule has 0 fully saturated rings. The molecule has 0 saturated carbocycles. The molecule has 1 rings (SSSR count). The molecule has 1 atom stereocenters. The summed E-state index contributed by atoms with van der Waals surface area (Å²) >= 11 is 18.3. The summed E-state index contributed by atoms with van der Waals surface area (Å²) in [5, 5.41) is 1.26. The van der Waals surface area contributed by atoms with E-state index in [1.54, 1.807) is 6.07 Å². The van der Waals surface area contributed by atoms with Crippen molar-refractivity contribution in [2.75, 3.05) is 5.88 Å². The summed E-state index contributed by atoms with van der Waals surface area (Å²) in [5.41, 5.74) is 1.13. The quantitative estimate of drug-likeness (QED) is 0.644. The molecule has 0 radical (unpaired) electrons. The summed E-state index contributed by atoms with van der Waals surface area (Å²) in [6, 6.07) is 5.75. The highest BCUT2D eigenvalue weighted by Crippen LogP contribution is 2.36. The second-order valence-corrected chi connectivity index (χ2v) is 5.88. The third kappa shape index (κ3) is 3.06. The van der Waals surface area contributed by atoms with Gasteiger partial charge in [0.05, 0.1) is 10.0 Å². The van der Waals surface area contributed by atoms with Crippen molar-refractivity contribution in [3.05, 3.63) is 33.8 Å². The SMILES string of the molecule is CC(C)C(C)(CCl)Cc1cccc(Cl)c1Cl. The third-order valence-electron chi connectivity index (χ3n) is 3.32. The molecule has 0 saturated heterocycles. The van der Waals surface area contributed by atoms with Crippen molar-refractivity contribution in [2.45, 2.75) is 27.2 Å². The molecule has 0 spiro atoms. The fourth-order valence-electron chi connectivity index (χ4n) is 1.53. The maximum atomic E-state index is 6.19. The van der Waals surface area contributed by atoms with Crippen LogP contribution in [0.5, 0.6) is 0 Å². The van der Waals surface area contributed by atoms with E-state index in [4.69, 9.17) is 34.8 Å². The first-order chi connectivity index (χ1) is 7.40. The highest BCUT2D eigenvalue weighted by Gasteiger charge is 2.28. The zero-order chi connectivity index (χ0) is 12.3. The normalized spacial score (nSPS) is 15.2. The molecular formula is C13H17Cl3. The van der Waals surface area contributed by atoms with Gasteiger partial charge in [0.1, 0.15) is 0 Å². The highest BCUT2D eigenvalue weighted by molar-refractivity contribution is 6.42. The summed E-state index contributed by atoms with van der Waals surface area (Å²) in [7, 11) is 0. The van der Waals surface area contributed by atoms with Gasteiger partial charge in [0, 0.05) is 5.88 Å². The molecule has 0 aliphatic heterocycles. The lowest BCUT2D eigenvalue weighted by Gasteiger charge is -2.32. The van der Waals surface area contributed by atoms with Crippen molar-refractivity contribution >= 4 is 34.8 Å². The van der Waals surface area contributed by atoms with Crippen molar-refractivity contribution in [3.63, 3.8) is 0 Å². The fraction of sp³-hybridized carbons (Fsp3) is 0.538. The van der Waals surface area contributed by atoms with Gasteiger partial charge in [0.15, 0.2) is 0 Å². The maximum absolute atomic E-state index is 6.19. The largest absolute Gasteiger partial charge is 0.126 e. The Labute approximate surface area is 113 Å². The Morgan fingerprint density at radius 1 is 1.25 bits per heavy atom. The molecule has 90 valence electrons. The molecule has 3 heteroatoms. The topological polar surface area (TPSA) is 0 Å². The van der Waals surface area contributed by atoms with E-state index in [0.29, 0.717) is 21.8 Å². The van der Waals surface area contributed by atoms with E-state index in [2.05, 4.69) is 20.8 Å². The van der Waals surface area contributed by atoms with E-state index in [1.807, 2.05) is 12.1 Å². The predicted octanol–water partition coefficient (Wildman–Crippen LogP) is 5.44. The fourth-order valence-corrected chi connectivity index (χ4v) is 2.32. The van der Waals surface area contributed by atoms with E-state index >= 15 is 0 Å². The monoisotopic (exact) mass is 278 g/mol. The lowest BCUT2D eigenvalue weighted by Crippen LogP contribution is -2.28. The molecular weight excluding hydrogens is 263 g/mol. The second-order valence-electron chi connectivity index (χ2n) is 4.83. The molecule has 0 aliphatic rings. The first kappa shape index (κ1) is 14.2. The van der Waals surface area contributed by atoms with Gasteiger partial charge in [-0.15, -0.1) is 11.6 Å². The molecule has 0 aliphatic carbocycles. The number of hydrogen-bond acceptors (Lipinski definition) is 0. The number of benzene rings is 1. The summed E-state index contributed by atoms with van der Waals surface area (Å²) in [4.78, 5) is 0. The van der Waals surface area contributed by atoms with Crippen LogP contribution in [0.2, 0.25) is 10.0 Å². The smallest absolute Gasteiger partial charge is 0.0624 e. The second kappa shape index (κ2) is 5.62.